The Morgan fingerprint density at radius 1 is 1.20 bits per heavy atom. The molecule has 25 heavy (non-hydrogen) atoms. The summed E-state index contributed by atoms with van der Waals surface area (Å²) in [4.78, 5) is 11.7. The van der Waals surface area contributed by atoms with E-state index in [1.165, 1.54) is 0 Å². The molecular weight excluding hydrogens is 356 g/mol. The Balaban J connectivity index is 1.77. The predicted octanol–water partition coefficient (Wildman–Crippen LogP) is 4.44. The third kappa shape index (κ3) is 6.36. The van der Waals surface area contributed by atoms with Gasteiger partial charge in [-0.25, -0.2) is 4.79 Å². The molecule has 2 rings (SSSR count). The Morgan fingerprint density at radius 3 is 2.76 bits per heavy atom. The van der Waals surface area contributed by atoms with Crippen LogP contribution >= 0.6 is 23.8 Å². The minimum Gasteiger partial charge on any atom is -0.462 e. The monoisotopic (exact) mass is 376 g/mol. The van der Waals surface area contributed by atoms with Crippen molar-refractivity contribution >= 4 is 40.6 Å². The molecule has 6 heteroatoms. The molecular formula is C19H21ClN2O2S. The van der Waals surface area contributed by atoms with Crippen LogP contribution in [0.1, 0.15) is 29.3 Å². The first-order valence-corrected chi connectivity index (χ1v) is 8.94. The zero-order chi connectivity index (χ0) is 18.1. The van der Waals surface area contributed by atoms with Crippen LogP contribution in [-0.2, 0) is 11.2 Å². The van der Waals surface area contributed by atoms with Crippen LogP contribution in [0, 0.1) is 0 Å². The summed E-state index contributed by atoms with van der Waals surface area (Å²) in [6.07, 6.45) is 1.79. The molecule has 132 valence electrons. The average Bonchev–Trinajstić information content (AvgIpc) is 2.60. The van der Waals surface area contributed by atoms with E-state index in [1.807, 2.05) is 30.3 Å². The van der Waals surface area contributed by atoms with Gasteiger partial charge in [-0.3, -0.25) is 0 Å². The smallest absolute Gasteiger partial charge is 0.338 e. The minimum absolute atomic E-state index is 0.343. The summed E-state index contributed by atoms with van der Waals surface area (Å²) >= 11 is 11.4. The summed E-state index contributed by atoms with van der Waals surface area (Å²) in [5.74, 6) is -0.343. The second-order valence-corrected chi connectivity index (χ2v) is 6.19. The third-order valence-electron chi connectivity index (χ3n) is 3.50. The first-order chi connectivity index (χ1) is 12.1. The molecule has 0 atom stereocenters. The summed E-state index contributed by atoms with van der Waals surface area (Å²) in [6, 6.07) is 14.9. The number of benzene rings is 2. The molecule has 0 spiro atoms. The maximum Gasteiger partial charge on any atom is 0.338 e. The lowest BCUT2D eigenvalue weighted by Gasteiger charge is -2.11. The van der Waals surface area contributed by atoms with E-state index >= 15 is 0 Å². The number of halogens is 1. The number of thiocarbonyl (C=S) groups is 1. The van der Waals surface area contributed by atoms with Crippen molar-refractivity contribution < 1.29 is 9.53 Å². The highest BCUT2D eigenvalue weighted by molar-refractivity contribution is 7.80. The van der Waals surface area contributed by atoms with E-state index in [-0.39, 0.29) is 5.97 Å². The van der Waals surface area contributed by atoms with Crippen LogP contribution in [0.15, 0.2) is 48.5 Å². The van der Waals surface area contributed by atoms with E-state index < -0.39 is 0 Å². The SMILES string of the molecule is CCOC(=O)c1cccc(NC(=S)NCCCc2ccccc2Cl)c1. The van der Waals surface area contributed by atoms with Gasteiger partial charge in [0.2, 0.25) is 0 Å². The maximum atomic E-state index is 11.7. The fraction of sp³-hybridized carbons (Fsp3) is 0.263. The molecule has 0 unspecified atom stereocenters. The predicted molar refractivity (Wildman–Crippen MR) is 106 cm³/mol. The number of carbonyl (C=O) groups excluding carboxylic acids is 1. The van der Waals surface area contributed by atoms with Crippen LogP contribution in [0.4, 0.5) is 5.69 Å². The molecule has 0 fully saturated rings. The van der Waals surface area contributed by atoms with Crippen molar-refractivity contribution in [3.8, 4) is 0 Å². The zero-order valence-electron chi connectivity index (χ0n) is 14.0. The van der Waals surface area contributed by atoms with Gasteiger partial charge in [-0.15, -0.1) is 0 Å². The van der Waals surface area contributed by atoms with Crippen LogP contribution in [0.25, 0.3) is 0 Å². The molecule has 0 saturated carbocycles. The Labute approximate surface area is 158 Å². The fourth-order valence-corrected chi connectivity index (χ4v) is 2.75. The zero-order valence-corrected chi connectivity index (χ0v) is 15.6. The van der Waals surface area contributed by atoms with Crippen LogP contribution in [0.2, 0.25) is 5.02 Å². The molecule has 0 radical (unpaired) electrons. The normalized spacial score (nSPS) is 10.2. The minimum atomic E-state index is -0.343. The molecule has 2 aromatic rings. The van der Waals surface area contributed by atoms with E-state index in [0.29, 0.717) is 17.3 Å². The number of carbonyl (C=O) groups is 1. The Kier molecular flexibility index (Phi) is 7.70. The van der Waals surface area contributed by atoms with Crippen LogP contribution in [-0.4, -0.2) is 24.2 Å². The molecule has 0 saturated heterocycles. The van der Waals surface area contributed by atoms with E-state index in [9.17, 15) is 4.79 Å². The third-order valence-corrected chi connectivity index (χ3v) is 4.11. The van der Waals surface area contributed by atoms with Crippen molar-refractivity contribution in [1.29, 1.82) is 0 Å². The number of hydrogen-bond acceptors (Lipinski definition) is 3. The van der Waals surface area contributed by atoms with E-state index in [2.05, 4.69) is 10.6 Å². The number of aryl methyl sites for hydroxylation is 1. The van der Waals surface area contributed by atoms with Gasteiger partial charge in [0.15, 0.2) is 5.11 Å². The largest absolute Gasteiger partial charge is 0.462 e. The molecule has 0 aromatic heterocycles. The van der Waals surface area contributed by atoms with Crippen LogP contribution in [0.3, 0.4) is 0 Å². The fourth-order valence-electron chi connectivity index (χ4n) is 2.30. The van der Waals surface area contributed by atoms with Gasteiger partial charge in [0.05, 0.1) is 12.2 Å². The summed E-state index contributed by atoms with van der Waals surface area (Å²) in [5, 5.41) is 7.54. The van der Waals surface area contributed by atoms with Gasteiger partial charge in [-0.05, 0) is 61.8 Å². The Bertz CT molecular complexity index is 737. The van der Waals surface area contributed by atoms with Crippen molar-refractivity contribution in [3.63, 3.8) is 0 Å². The molecule has 0 aliphatic heterocycles. The molecule has 2 aromatic carbocycles. The molecule has 0 aliphatic carbocycles. The second kappa shape index (κ2) is 10.0. The number of hydrogen-bond donors (Lipinski definition) is 2. The van der Waals surface area contributed by atoms with Gasteiger partial charge in [0, 0.05) is 17.3 Å². The summed E-state index contributed by atoms with van der Waals surface area (Å²) in [5.41, 5.74) is 2.37. The van der Waals surface area contributed by atoms with Gasteiger partial charge in [0.25, 0.3) is 0 Å². The average molecular weight is 377 g/mol. The molecule has 2 N–H and O–H groups in total. The van der Waals surface area contributed by atoms with Crippen LogP contribution < -0.4 is 10.6 Å². The Morgan fingerprint density at radius 2 is 2.00 bits per heavy atom. The quantitative estimate of drug-likeness (QED) is 0.425. The number of anilines is 1. The lowest BCUT2D eigenvalue weighted by Crippen LogP contribution is -2.29. The van der Waals surface area contributed by atoms with Gasteiger partial charge < -0.3 is 15.4 Å². The molecule has 4 nitrogen and oxygen atoms in total. The van der Waals surface area contributed by atoms with Crippen molar-refractivity contribution in [2.45, 2.75) is 19.8 Å². The van der Waals surface area contributed by atoms with E-state index in [4.69, 9.17) is 28.6 Å². The van der Waals surface area contributed by atoms with Gasteiger partial charge >= 0.3 is 5.97 Å². The first-order valence-electron chi connectivity index (χ1n) is 8.15. The summed E-state index contributed by atoms with van der Waals surface area (Å²) in [6.45, 7) is 2.86. The van der Waals surface area contributed by atoms with Crippen molar-refractivity contribution in [2.75, 3.05) is 18.5 Å². The van der Waals surface area contributed by atoms with Gasteiger partial charge in [-0.2, -0.15) is 0 Å². The summed E-state index contributed by atoms with van der Waals surface area (Å²) < 4.78 is 4.99. The molecule has 0 aliphatic rings. The first kappa shape index (κ1) is 19.2. The number of rotatable bonds is 7. The van der Waals surface area contributed by atoms with Crippen molar-refractivity contribution in [1.82, 2.24) is 5.32 Å². The Hall–Kier alpha value is -2.11. The molecule has 0 bridgehead atoms. The molecule has 0 amide bonds. The lowest BCUT2D eigenvalue weighted by atomic mass is 10.1. The maximum absolute atomic E-state index is 11.7. The van der Waals surface area contributed by atoms with Crippen molar-refractivity contribution in [3.05, 3.63) is 64.7 Å². The van der Waals surface area contributed by atoms with Crippen LogP contribution in [0.5, 0.6) is 0 Å². The van der Waals surface area contributed by atoms with Gasteiger partial charge in [0.1, 0.15) is 0 Å². The number of esters is 1. The topological polar surface area (TPSA) is 50.4 Å². The highest BCUT2D eigenvalue weighted by atomic mass is 35.5. The summed E-state index contributed by atoms with van der Waals surface area (Å²) in [7, 11) is 0. The highest BCUT2D eigenvalue weighted by Gasteiger charge is 2.07. The van der Waals surface area contributed by atoms with Crippen molar-refractivity contribution in [2.24, 2.45) is 0 Å². The van der Waals surface area contributed by atoms with E-state index in [0.717, 1.165) is 35.7 Å². The molecule has 0 heterocycles. The second-order valence-electron chi connectivity index (χ2n) is 5.38. The van der Waals surface area contributed by atoms with Gasteiger partial charge in [-0.1, -0.05) is 35.9 Å². The van der Waals surface area contributed by atoms with E-state index in [1.54, 1.807) is 25.1 Å². The number of ether oxygens (including phenoxy) is 1. The highest BCUT2D eigenvalue weighted by Crippen LogP contribution is 2.16. The number of nitrogens with one attached hydrogen (secondary N) is 2. The lowest BCUT2D eigenvalue weighted by molar-refractivity contribution is 0.0526. The standard InChI is InChI=1S/C19H21ClN2O2S/c1-2-24-18(23)15-8-5-10-16(13-15)22-19(25)21-12-6-9-14-7-3-4-11-17(14)20/h3-5,7-8,10-11,13H,2,6,9,12H2,1H3,(H2,21,22,25).